The van der Waals surface area contributed by atoms with Crippen molar-refractivity contribution in [2.24, 2.45) is 0 Å². The molecule has 0 heterocycles. The molecule has 0 atom stereocenters. The van der Waals surface area contributed by atoms with Gasteiger partial charge in [0.25, 0.3) is 0 Å². The third-order valence-electron chi connectivity index (χ3n) is 3.84. The molecule has 0 N–H and O–H groups in total. The molecule has 0 aliphatic rings. The van der Waals surface area contributed by atoms with Crippen LogP contribution in [0.25, 0.3) is 23.3 Å². The van der Waals surface area contributed by atoms with Crippen LogP contribution in [0.2, 0.25) is 0 Å². The largest absolute Gasteiger partial charge is 0.0587 e. The van der Waals surface area contributed by atoms with E-state index in [1.807, 2.05) is 0 Å². The van der Waals surface area contributed by atoms with Crippen LogP contribution in [0, 0.1) is 13.8 Å². The van der Waals surface area contributed by atoms with Crippen LogP contribution in [0.5, 0.6) is 0 Å². The van der Waals surface area contributed by atoms with E-state index in [0.717, 1.165) is 0 Å². The Hall–Kier alpha value is -2.60. The van der Waals surface area contributed by atoms with Crippen LogP contribution in [-0.2, 0) is 0 Å². The van der Waals surface area contributed by atoms with Crippen molar-refractivity contribution in [3.05, 3.63) is 95.1 Å². The first-order chi connectivity index (χ1) is 10.7. The highest BCUT2D eigenvalue weighted by molar-refractivity contribution is 5.72. The van der Waals surface area contributed by atoms with E-state index < -0.39 is 0 Å². The molecule has 0 spiro atoms. The zero-order chi connectivity index (χ0) is 15.4. The van der Waals surface area contributed by atoms with E-state index in [9.17, 15) is 0 Å². The zero-order valence-corrected chi connectivity index (χ0v) is 13.1. The fourth-order valence-electron chi connectivity index (χ4n) is 2.40. The fraction of sp³-hybridized carbons (Fsp3) is 0.0909. The van der Waals surface area contributed by atoms with Crippen LogP contribution in [0.4, 0.5) is 0 Å². The normalized spacial score (nSPS) is 11.0. The summed E-state index contributed by atoms with van der Waals surface area (Å²) in [4.78, 5) is 0. The molecule has 3 rings (SSSR count). The molecular weight excluding hydrogens is 264 g/mol. The van der Waals surface area contributed by atoms with Crippen molar-refractivity contribution in [3.8, 4) is 11.1 Å². The maximum absolute atomic E-state index is 2.18. The van der Waals surface area contributed by atoms with Gasteiger partial charge in [-0.15, -0.1) is 0 Å². The van der Waals surface area contributed by atoms with Crippen molar-refractivity contribution in [1.82, 2.24) is 0 Å². The molecule has 0 radical (unpaired) electrons. The second-order valence-electron chi connectivity index (χ2n) is 5.73. The maximum atomic E-state index is 2.18. The minimum Gasteiger partial charge on any atom is -0.0587 e. The van der Waals surface area contributed by atoms with Crippen molar-refractivity contribution >= 4 is 12.2 Å². The number of benzene rings is 3. The Bertz CT molecular complexity index is 758. The van der Waals surface area contributed by atoms with Gasteiger partial charge in [0.1, 0.15) is 0 Å². The molecule has 0 fully saturated rings. The minimum atomic E-state index is 1.22. The number of aryl methyl sites for hydroxylation is 2. The lowest BCUT2D eigenvalue weighted by atomic mass is 10.0. The van der Waals surface area contributed by atoms with Crippen molar-refractivity contribution in [2.45, 2.75) is 13.8 Å². The third-order valence-corrected chi connectivity index (χ3v) is 3.84. The highest BCUT2D eigenvalue weighted by Crippen LogP contribution is 2.21. The Kier molecular flexibility index (Phi) is 4.20. The van der Waals surface area contributed by atoms with Crippen LogP contribution in [-0.4, -0.2) is 0 Å². The predicted octanol–water partition coefficient (Wildman–Crippen LogP) is 6.14. The highest BCUT2D eigenvalue weighted by Gasteiger charge is 1.97. The minimum absolute atomic E-state index is 1.22. The standard InChI is InChI=1S/C22H20/c1-17-3-7-19(8-4-17)9-10-20-11-15-22(16-12-20)21-13-5-18(2)6-14-21/h3-16H,1-2H3/b10-9+. The molecule has 3 aromatic carbocycles. The molecule has 0 amide bonds. The molecule has 0 saturated heterocycles. The van der Waals surface area contributed by atoms with Crippen molar-refractivity contribution in [1.29, 1.82) is 0 Å². The lowest BCUT2D eigenvalue weighted by Gasteiger charge is -2.03. The molecule has 0 nitrogen and oxygen atoms in total. The van der Waals surface area contributed by atoms with E-state index in [-0.39, 0.29) is 0 Å². The van der Waals surface area contributed by atoms with Crippen LogP contribution >= 0.6 is 0 Å². The van der Waals surface area contributed by atoms with E-state index in [1.165, 1.54) is 33.4 Å². The maximum Gasteiger partial charge on any atom is -0.0184 e. The van der Waals surface area contributed by atoms with E-state index in [0.29, 0.717) is 0 Å². The smallest absolute Gasteiger partial charge is 0.0184 e. The second-order valence-corrected chi connectivity index (χ2v) is 5.73. The van der Waals surface area contributed by atoms with Gasteiger partial charge in [0.05, 0.1) is 0 Å². The molecule has 0 saturated carbocycles. The van der Waals surface area contributed by atoms with Crippen LogP contribution in [0.15, 0.2) is 72.8 Å². The average Bonchev–Trinajstić information content (AvgIpc) is 2.56. The third kappa shape index (κ3) is 3.53. The van der Waals surface area contributed by atoms with Crippen LogP contribution in [0.1, 0.15) is 22.3 Å². The summed E-state index contributed by atoms with van der Waals surface area (Å²) >= 11 is 0. The van der Waals surface area contributed by atoms with Crippen LogP contribution in [0.3, 0.4) is 0 Å². The Morgan fingerprint density at radius 2 is 0.773 bits per heavy atom. The Morgan fingerprint density at radius 1 is 0.455 bits per heavy atom. The second kappa shape index (κ2) is 6.44. The van der Waals surface area contributed by atoms with E-state index in [2.05, 4.69) is 98.8 Å². The topological polar surface area (TPSA) is 0 Å². The zero-order valence-electron chi connectivity index (χ0n) is 13.1. The van der Waals surface area contributed by atoms with E-state index in [1.54, 1.807) is 0 Å². The van der Waals surface area contributed by atoms with Crippen molar-refractivity contribution in [3.63, 3.8) is 0 Å². The fourth-order valence-corrected chi connectivity index (χ4v) is 2.40. The Morgan fingerprint density at radius 3 is 1.23 bits per heavy atom. The Labute approximate surface area is 132 Å². The van der Waals surface area contributed by atoms with Crippen molar-refractivity contribution in [2.75, 3.05) is 0 Å². The van der Waals surface area contributed by atoms with Gasteiger partial charge in [-0.25, -0.2) is 0 Å². The SMILES string of the molecule is Cc1ccc(/C=C/c2ccc(-c3ccc(C)cc3)cc2)cc1. The quantitative estimate of drug-likeness (QED) is 0.507. The summed E-state index contributed by atoms with van der Waals surface area (Å²) in [5, 5.41) is 0. The van der Waals surface area contributed by atoms with E-state index in [4.69, 9.17) is 0 Å². The predicted molar refractivity (Wildman–Crippen MR) is 96.7 cm³/mol. The summed E-state index contributed by atoms with van der Waals surface area (Å²) in [5.74, 6) is 0. The molecule has 0 aromatic heterocycles. The summed E-state index contributed by atoms with van der Waals surface area (Å²) in [6, 6.07) is 25.9. The molecule has 108 valence electrons. The molecule has 3 aromatic rings. The molecule has 0 aliphatic carbocycles. The molecule has 0 heteroatoms. The molecule has 0 bridgehead atoms. The first-order valence-electron chi connectivity index (χ1n) is 7.62. The monoisotopic (exact) mass is 284 g/mol. The van der Waals surface area contributed by atoms with Gasteiger partial charge in [-0.3, -0.25) is 0 Å². The molecular formula is C22H20. The summed E-state index contributed by atoms with van der Waals surface area (Å²) in [5.41, 5.74) is 7.55. The first-order valence-corrected chi connectivity index (χ1v) is 7.62. The number of rotatable bonds is 3. The Balaban J connectivity index is 1.76. The van der Waals surface area contributed by atoms with Gasteiger partial charge >= 0.3 is 0 Å². The lowest BCUT2D eigenvalue weighted by Crippen LogP contribution is -1.79. The van der Waals surface area contributed by atoms with Gasteiger partial charge in [0.15, 0.2) is 0 Å². The van der Waals surface area contributed by atoms with Crippen molar-refractivity contribution < 1.29 is 0 Å². The molecule has 0 aliphatic heterocycles. The number of hydrogen-bond acceptors (Lipinski definition) is 0. The van der Waals surface area contributed by atoms with E-state index >= 15 is 0 Å². The first kappa shape index (κ1) is 14.3. The average molecular weight is 284 g/mol. The summed E-state index contributed by atoms with van der Waals surface area (Å²) < 4.78 is 0. The van der Waals surface area contributed by atoms with Gasteiger partial charge in [-0.05, 0) is 36.1 Å². The summed E-state index contributed by atoms with van der Waals surface area (Å²) in [6.07, 6.45) is 4.31. The van der Waals surface area contributed by atoms with Crippen LogP contribution < -0.4 is 0 Å². The van der Waals surface area contributed by atoms with Gasteiger partial charge in [0, 0.05) is 0 Å². The number of hydrogen-bond donors (Lipinski definition) is 0. The summed E-state index contributed by atoms with van der Waals surface area (Å²) in [7, 11) is 0. The lowest BCUT2D eigenvalue weighted by molar-refractivity contribution is 1.46. The summed E-state index contributed by atoms with van der Waals surface area (Å²) in [6.45, 7) is 4.22. The molecule has 22 heavy (non-hydrogen) atoms. The van der Waals surface area contributed by atoms with Gasteiger partial charge in [-0.2, -0.15) is 0 Å². The van der Waals surface area contributed by atoms with Gasteiger partial charge < -0.3 is 0 Å². The molecule has 0 unspecified atom stereocenters. The van der Waals surface area contributed by atoms with Gasteiger partial charge in [-0.1, -0.05) is 96.1 Å². The van der Waals surface area contributed by atoms with Gasteiger partial charge in [0.2, 0.25) is 0 Å². The highest BCUT2D eigenvalue weighted by atomic mass is 14.0.